The van der Waals surface area contributed by atoms with Gasteiger partial charge in [0.05, 0.1) is 11.0 Å². The highest BCUT2D eigenvalue weighted by Crippen LogP contribution is 2.47. The lowest BCUT2D eigenvalue weighted by molar-refractivity contribution is 0.628. The van der Waals surface area contributed by atoms with Crippen LogP contribution in [0.25, 0.3) is 71.3 Å². The van der Waals surface area contributed by atoms with Crippen LogP contribution in [-0.4, -0.2) is 4.57 Å². The molecule has 0 saturated carbocycles. The van der Waals surface area contributed by atoms with Crippen LogP contribution < -0.4 is 4.90 Å². The normalized spacial score (nSPS) is 11.5. The van der Waals surface area contributed by atoms with Crippen molar-refractivity contribution in [1.29, 1.82) is 0 Å². The van der Waals surface area contributed by atoms with Gasteiger partial charge in [-0.25, -0.2) is 8.78 Å². The van der Waals surface area contributed by atoms with Crippen molar-refractivity contribution in [2.24, 2.45) is 0 Å². The molecule has 1 aromatic heterocycles. The van der Waals surface area contributed by atoms with E-state index >= 15 is 0 Å². The molecule has 256 valence electrons. The van der Waals surface area contributed by atoms with E-state index < -0.39 is 0 Å². The van der Waals surface area contributed by atoms with E-state index in [1.807, 2.05) is 36.4 Å². The first-order chi connectivity index (χ1) is 26.6. The lowest BCUT2D eigenvalue weighted by atomic mass is 9.85. The molecule has 4 heteroatoms. The molecule has 0 aliphatic heterocycles. The first-order valence-electron chi connectivity index (χ1n) is 18.1. The molecule has 0 atom stereocenters. The minimum absolute atomic E-state index is 0.296. The zero-order valence-electron chi connectivity index (χ0n) is 29.1. The quantitative estimate of drug-likeness (QED) is 0.157. The Bertz CT molecular complexity index is 3020. The molecule has 0 N–H and O–H groups in total. The molecule has 0 spiro atoms. The molecule has 0 bridgehead atoms. The Hall–Kier alpha value is -7.04. The topological polar surface area (TPSA) is 8.17 Å². The van der Waals surface area contributed by atoms with Crippen molar-refractivity contribution < 1.29 is 8.78 Å². The van der Waals surface area contributed by atoms with E-state index in [1.165, 1.54) is 17.5 Å². The highest BCUT2D eigenvalue weighted by molar-refractivity contribution is 6.22. The lowest BCUT2D eigenvalue weighted by Crippen LogP contribution is -2.10. The molecule has 0 radical (unpaired) electrons. The van der Waals surface area contributed by atoms with E-state index in [0.29, 0.717) is 0 Å². The van der Waals surface area contributed by atoms with E-state index in [9.17, 15) is 8.78 Å². The summed E-state index contributed by atoms with van der Waals surface area (Å²) in [5.41, 5.74) is 9.75. The molecule has 0 fully saturated rings. The predicted molar refractivity (Wildman–Crippen MR) is 221 cm³/mol. The Balaban J connectivity index is 1.27. The maximum Gasteiger partial charge on any atom is 0.123 e. The highest BCUT2D eigenvalue weighted by Gasteiger charge is 2.21. The van der Waals surface area contributed by atoms with Crippen LogP contribution in [0.1, 0.15) is 0 Å². The van der Waals surface area contributed by atoms with Crippen molar-refractivity contribution in [3.8, 4) is 27.9 Å². The fourth-order valence-electron chi connectivity index (χ4n) is 8.19. The highest BCUT2D eigenvalue weighted by atomic mass is 19.1. The average molecular weight is 699 g/mol. The average Bonchev–Trinajstić information content (AvgIpc) is 3.54. The predicted octanol–water partition coefficient (Wildman–Crippen LogP) is 14.2. The summed E-state index contributed by atoms with van der Waals surface area (Å²) in [5.74, 6) is -0.598. The standard InChI is InChI=1S/C50H32F2N2/c51-35-15-11-13-33(29-35)49-42-22-7-8-23-43(42)50(34-14-12-16-36(52)30-34)46-32-39(25-27-44(46)49)53(37-17-3-1-4-18-37)40-26-28-48-45(31-40)41-21-9-10-24-47(41)54(48)38-19-5-2-6-20-38/h1-32H. The van der Waals surface area contributed by atoms with Gasteiger partial charge in [0.25, 0.3) is 0 Å². The smallest absolute Gasteiger partial charge is 0.123 e. The van der Waals surface area contributed by atoms with Crippen molar-refractivity contribution in [3.63, 3.8) is 0 Å². The molecule has 54 heavy (non-hydrogen) atoms. The molecule has 1 heterocycles. The number of anilines is 3. The second-order valence-corrected chi connectivity index (χ2v) is 13.6. The van der Waals surface area contributed by atoms with Crippen LogP contribution in [0.15, 0.2) is 194 Å². The third kappa shape index (κ3) is 5.22. The second-order valence-electron chi connectivity index (χ2n) is 13.6. The van der Waals surface area contributed by atoms with Crippen molar-refractivity contribution in [3.05, 3.63) is 206 Å². The van der Waals surface area contributed by atoms with Crippen LogP contribution in [0, 0.1) is 11.6 Å². The second kappa shape index (κ2) is 12.9. The number of para-hydroxylation sites is 3. The van der Waals surface area contributed by atoms with Crippen LogP contribution in [0.3, 0.4) is 0 Å². The van der Waals surface area contributed by atoms with Gasteiger partial charge in [0.1, 0.15) is 11.6 Å². The van der Waals surface area contributed by atoms with Gasteiger partial charge in [-0.1, -0.05) is 109 Å². The number of aromatic nitrogens is 1. The van der Waals surface area contributed by atoms with Crippen LogP contribution in [0.2, 0.25) is 0 Å². The van der Waals surface area contributed by atoms with Gasteiger partial charge >= 0.3 is 0 Å². The van der Waals surface area contributed by atoms with Gasteiger partial charge in [0.15, 0.2) is 0 Å². The summed E-state index contributed by atoms with van der Waals surface area (Å²) in [6, 6.07) is 64.3. The summed E-state index contributed by atoms with van der Waals surface area (Å²) in [6.45, 7) is 0. The fraction of sp³-hybridized carbons (Fsp3) is 0. The fourth-order valence-corrected chi connectivity index (χ4v) is 8.19. The summed E-state index contributed by atoms with van der Waals surface area (Å²) in [5, 5.41) is 6.16. The first-order valence-corrected chi connectivity index (χ1v) is 18.1. The van der Waals surface area contributed by atoms with Crippen LogP contribution in [-0.2, 0) is 0 Å². The molecule has 0 amide bonds. The number of fused-ring (bicyclic) bond motifs is 5. The van der Waals surface area contributed by atoms with Crippen LogP contribution in [0.4, 0.5) is 25.8 Å². The maximum absolute atomic E-state index is 15.0. The van der Waals surface area contributed by atoms with Gasteiger partial charge in [-0.2, -0.15) is 0 Å². The van der Waals surface area contributed by atoms with Crippen molar-refractivity contribution in [1.82, 2.24) is 4.57 Å². The summed E-state index contributed by atoms with van der Waals surface area (Å²) in [7, 11) is 0. The van der Waals surface area contributed by atoms with Gasteiger partial charge in [0, 0.05) is 33.5 Å². The molecule has 0 aliphatic carbocycles. The van der Waals surface area contributed by atoms with Gasteiger partial charge < -0.3 is 9.47 Å². The molecular weight excluding hydrogens is 667 g/mol. The summed E-state index contributed by atoms with van der Waals surface area (Å²) in [4.78, 5) is 2.28. The molecule has 2 nitrogen and oxygen atoms in total. The van der Waals surface area contributed by atoms with Crippen LogP contribution in [0.5, 0.6) is 0 Å². The number of nitrogens with zero attached hydrogens (tertiary/aromatic N) is 2. The Morgan fingerprint density at radius 2 is 0.833 bits per heavy atom. The van der Waals surface area contributed by atoms with Crippen molar-refractivity contribution in [2.75, 3.05) is 4.90 Å². The summed E-state index contributed by atoms with van der Waals surface area (Å²) >= 11 is 0. The van der Waals surface area contributed by atoms with E-state index in [0.717, 1.165) is 83.0 Å². The van der Waals surface area contributed by atoms with Gasteiger partial charge in [-0.05, 0) is 129 Å². The molecule has 10 aromatic rings. The zero-order chi connectivity index (χ0) is 36.2. The number of hydrogen-bond acceptors (Lipinski definition) is 1. The maximum atomic E-state index is 15.0. The van der Waals surface area contributed by atoms with E-state index in [2.05, 4.69) is 131 Å². The third-order valence-electron chi connectivity index (χ3n) is 10.4. The molecule has 0 aliphatic rings. The van der Waals surface area contributed by atoms with Gasteiger partial charge in [-0.15, -0.1) is 0 Å². The monoisotopic (exact) mass is 698 g/mol. The first kappa shape index (κ1) is 31.7. The number of rotatable bonds is 6. The Labute approximate surface area is 311 Å². The van der Waals surface area contributed by atoms with E-state index in [1.54, 1.807) is 24.3 Å². The van der Waals surface area contributed by atoms with E-state index in [-0.39, 0.29) is 11.6 Å². The van der Waals surface area contributed by atoms with E-state index in [4.69, 9.17) is 0 Å². The van der Waals surface area contributed by atoms with Crippen molar-refractivity contribution in [2.45, 2.75) is 0 Å². The molecule has 0 unspecified atom stereocenters. The minimum Gasteiger partial charge on any atom is -0.310 e. The summed E-state index contributed by atoms with van der Waals surface area (Å²) < 4.78 is 32.2. The van der Waals surface area contributed by atoms with Gasteiger partial charge in [-0.3, -0.25) is 0 Å². The summed E-state index contributed by atoms with van der Waals surface area (Å²) in [6.07, 6.45) is 0. The molecule has 9 aromatic carbocycles. The third-order valence-corrected chi connectivity index (χ3v) is 10.4. The number of halogens is 2. The zero-order valence-corrected chi connectivity index (χ0v) is 29.1. The Morgan fingerprint density at radius 1 is 0.333 bits per heavy atom. The molecule has 0 saturated heterocycles. The van der Waals surface area contributed by atoms with Crippen molar-refractivity contribution >= 4 is 60.4 Å². The Kier molecular flexibility index (Phi) is 7.55. The Morgan fingerprint density at radius 3 is 1.48 bits per heavy atom. The van der Waals surface area contributed by atoms with Gasteiger partial charge in [0.2, 0.25) is 0 Å². The van der Waals surface area contributed by atoms with Crippen LogP contribution >= 0.6 is 0 Å². The molecular formula is C50H32F2N2. The number of hydrogen-bond donors (Lipinski definition) is 0. The SMILES string of the molecule is Fc1cccc(-c2c3ccccc3c(-c3cccc(F)c3)c3cc(N(c4ccccc4)c4ccc5c(c4)c4ccccc4n5-c4ccccc4)ccc23)c1. The minimum atomic E-state index is -0.302. The molecule has 10 rings (SSSR count). The largest absolute Gasteiger partial charge is 0.310 e. The lowest BCUT2D eigenvalue weighted by Gasteiger charge is -2.27. The number of benzene rings is 9.